The summed E-state index contributed by atoms with van der Waals surface area (Å²) in [6.07, 6.45) is 2.47. The topological polar surface area (TPSA) is 35.8 Å². The van der Waals surface area contributed by atoms with E-state index in [2.05, 4.69) is 11.4 Å². The summed E-state index contributed by atoms with van der Waals surface area (Å²) in [5, 5.41) is 12.1. The largest absolute Gasteiger partial charge is 0.310 e. The second-order valence-corrected chi connectivity index (χ2v) is 3.38. The van der Waals surface area contributed by atoms with Gasteiger partial charge in [0.1, 0.15) is 0 Å². The molecule has 0 spiro atoms. The lowest BCUT2D eigenvalue weighted by Gasteiger charge is -2.09. The molecule has 1 aromatic carbocycles. The molecule has 1 heterocycles. The van der Waals surface area contributed by atoms with Gasteiger partial charge in [-0.15, -0.1) is 0 Å². The molecule has 0 aromatic heterocycles. The minimum Gasteiger partial charge on any atom is -0.310 e. The fourth-order valence-corrected chi connectivity index (χ4v) is 1.76. The highest BCUT2D eigenvalue weighted by molar-refractivity contribution is 5.33. The van der Waals surface area contributed by atoms with Crippen molar-refractivity contribution in [2.24, 2.45) is 0 Å². The van der Waals surface area contributed by atoms with E-state index in [0.717, 1.165) is 12.1 Å². The maximum absolute atomic E-state index is 8.63. The fraction of sp³-hybridized carbons (Fsp3) is 0.364. The highest BCUT2D eigenvalue weighted by Crippen LogP contribution is 2.22. The molecule has 0 saturated carbocycles. The Hall–Kier alpha value is -1.33. The van der Waals surface area contributed by atoms with E-state index in [1.54, 1.807) is 0 Å². The molecule has 0 bridgehead atoms. The van der Waals surface area contributed by atoms with E-state index in [9.17, 15) is 0 Å². The second kappa shape index (κ2) is 3.59. The average molecular weight is 172 g/mol. The lowest BCUT2D eigenvalue weighted by Crippen LogP contribution is -2.12. The quantitative estimate of drug-likeness (QED) is 0.703. The molecule has 0 radical (unpaired) electrons. The molecule has 1 aliphatic rings. The lowest BCUT2D eigenvalue weighted by atomic mass is 10.0. The van der Waals surface area contributed by atoms with Crippen molar-refractivity contribution >= 4 is 0 Å². The number of benzene rings is 1. The van der Waals surface area contributed by atoms with E-state index in [0.29, 0.717) is 6.04 Å². The molecule has 0 unspecified atom stereocenters. The first-order valence-electron chi connectivity index (χ1n) is 4.63. The molecule has 0 amide bonds. The van der Waals surface area contributed by atoms with Gasteiger partial charge < -0.3 is 5.32 Å². The van der Waals surface area contributed by atoms with Crippen LogP contribution in [0.4, 0.5) is 0 Å². The molecular weight excluding hydrogens is 160 g/mol. The van der Waals surface area contributed by atoms with Crippen molar-refractivity contribution in [3.8, 4) is 6.07 Å². The first-order chi connectivity index (χ1) is 6.40. The molecule has 2 nitrogen and oxygen atoms in total. The first-order valence-corrected chi connectivity index (χ1v) is 4.63. The van der Waals surface area contributed by atoms with E-state index in [1.165, 1.54) is 18.4 Å². The molecule has 1 atom stereocenters. The third kappa shape index (κ3) is 1.71. The van der Waals surface area contributed by atoms with E-state index >= 15 is 0 Å². The summed E-state index contributed by atoms with van der Waals surface area (Å²) >= 11 is 0. The van der Waals surface area contributed by atoms with Crippen LogP contribution in [-0.4, -0.2) is 6.54 Å². The third-order valence-corrected chi connectivity index (χ3v) is 2.50. The number of rotatable bonds is 1. The van der Waals surface area contributed by atoms with Gasteiger partial charge in [-0.3, -0.25) is 0 Å². The standard InChI is InChI=1S/C11H12N2/c12-8-9-3-5-10(6-4-9)11-2-1-7-13-11/h3-6,11,13H,1-2,7H2/t11-/m0/s1. The van der Waals surface area contributed by atoms with Gasteiger partial charge in [-0.25, -0.2) is 0 Å². The van der Waals surface area contributed by atoms with Crippen LogP contribution in [0.25, 0.3) is 0 Å². The van der Waals surface area contributed by atoms with Crippen molar-refractivity contribution in [3.05, 3.63) is 35.4 Å². The summed E-state index contributed by atoms with van der Waals surface area (Å²) in [5.41, 5.74) is 2.04. The zero-order valence-corrected chi connectivity index (χ0v) is 7.46. The Bertz CT molecular complexity index is 315. The van der Waals surface area contributed by atoms with Gasteiger partial charge in [-0.05, 0) is 37.1 Å². The normalized spacial score (nSPS) is 21.3. The Labute approximate surface area is 78.2 Å². The SMILES string of the molecule is N#Cc1ccc([C@@H]2CCCN2)cc1. The monoisotopic (exact) mass is 172 g/mol. The van der Waals surface area contributed by atoms with E-state index in [-0.39, 0.29) is 0 Å². The maximum Gasteiger partial charge on any atom is 0.0991 e. The van der Waals surface area contributed by atoms with Crippen molar-refractivity contribution in [2.75, 3.05) is 6.54 Å². The highest BCUT2D eigenvalue weighted by atomic mass is 14.9. The van der Waals surface area contributed by atoms with Crippen LogP contribution < -0.4 is 5.32 Å². The highest BCUT2D eigenvalue weighted by Gasteiger charge is 2.15. The van der Waals surface area contributed by atoms with Crippen LogP contribution in [0, 0.1) is 11.3 Å². The summed E-state index contributed by atoms with van der Waals surface area (Å²) in [7, 11) is 0. The predicted molar refractivity (Wildman–Crippen MR) is 51.1 cm³/mol. The van der Waals surface area contributed by atoms with Crippen molar-refractivity contribution in [1.82, 2.24) is 5.32 Å². The minimum absolute atomic E-state index is 0.507. The average Bonchev–Trinajstić information content (AvgIpc) is 2.71. The van der Waals surface area contributed by atoms with Crippen LogP contribution in [0.1, 0.15) is 30.0 Å². The molecule has 1 aliphatic heterocycles. The molecule has 1 aromatic rings. The van der Waals surface area contributed by atoms with Gasteiger partial charge >= 0.3 is 0 Å². The summed E-state index contributed by atoms with van der Waals surface area (Å²) in [4.78, 5) is 0. The lowest BCUT2D eigenvalue weighted by molar-refractivity contribution is 0.648. The van der Waals surface area contributed by atoms with Crippen molar-refractivity contribution in [3.63, 3.8) is 0 Å². The van der Waals surface area contributed by atoms with Crippen LogP contribution >= 0.6 is 0 Å². The Balaban J connectivity index is 2.18. The molecule has 66 valence electrons. The number of nitriles is 1. The van der Waals surface area contributed by atoms with Gasteiger partial charge in [0.05, 0.1) is 11.6 Å². The minimum atomic E-state index is 0.507. The number of nitrogens with zero attached hydrogens (tertiary/aromatic N) is 1. The Morgan fingerprint density at radius 2 is 2.08 bits per heavy atom. The van der Waals surface area contributed by atoms with E-state index in [1.807, 2.05) is 24.3 Å². The second-order valence-electron chi connectivity index (χ2n) is 3.38. The summed E-state index contributed by atoms with van der Waals surface area (Å²) < 4.78 is 0. The Morgan fingerprint density at radius 1 is 1.31 bits per heavy atom. The van der Waals surface area contributed by atoms with Crippen LogP contribution in [0.15, 0.2) is 24.3 Å². The smallest absolute Gasteiger partial charge is 0.0991 e. The molecule has 1 fully saturated rings. The Morgan fingerprint density at radius 3 is 2.62 bits per heavy atom. The third-order valence-electron chi connectivity index (χ3n) is 2.50. The van der Waals surface area contributed by atoms with Gasteiger partial charge in [-0.1, -0.05) is 12.1 Å². The van der Waals surface area contributed by atoms with E-state index < -0.39 is 0 Å². The van der Waals surface area contributed by atoms with E-state index in [4.69, 9.17) is 5.26 Å². The summed E-state index contributed by atoms with van der Waals surface area (Å²) in [5.74, 6) is 0. The summed E-state index contributed by atoms with van der Waals surface area (Å²) in [6.45, 7) is 1.12. The molecular formula is C11H12N2. The van der Waals surface area contributed by atoms with Gasteiger partial charge in [0.2, 0.25) is 0 Å². The van der Waals surface area contributed by atoms with Crippen molar-refractivity contribution < 1.29 is 0 Å². The van der Waals surface area contributed by atoms with Crippen LogP contribution in [-0.2, 0) is 0 Å². The number of hydrogen-bond donors (Lipinski definition) is 1. The van der Waals surface area contributed by atoms with Crippen molar-refractivity contribution in [2.45, 2.75) is 18.9 Å². The van der Waals surface area contributed by atoms with Crippen molar-refractivity contribution in [1.29, 1.82) is 5.26 Å². The molecule has 1 saturated heterocycles. The van der Waals surface area contributed by atoms with Gasteiger partial charge in [0.25, 0.3) is 0 Å². The molecule has 0 aliphatic carbocycles. The summed E-state index contributed by atoms with van der Waals surface area (Å²) in [6, 6.07) is 10.5. The van der Waals surface area contributed by atoms with Crippen LogP contribution in [0.3, 0.4) is 0 Å². The number of hydrogen-bond acceptors (Lipinski definition) is 2. The zero-order valence-electron chi connectivity index (χ0n) is 7.46. The maximum atomic E-state index is 8.63. The first kappa shape index (κ1) is 8.28. The molecule has 1 N–H and O–H groups in total. The zero-order chi connectivity index (χ0) is 9.10. The predicted octanol–water partition coefficient (Wildman–Crippen LogP) is 1.98. The van der Waals surface area contributed by atoms with Crippen LogP contribution in [0.2, 0.25) is 0 Å². The molecule has 2 rings (SSSR count). The molecule has 13 heavy (non-hydrogen) atoms. The van der Waals surface area contributed by atoms with Gasteiger partial charge in [0.15, 0.2) is 0 Å². The van der Waals surface area contributed by atoms with Gasteiger partial charge in [-0.2, -0.15) is 5.26 Å². The molecule has 2 heteroatoms. The fourth-order valence-electron chi connectivity index (χ4n) is 1.76. The Kier molecular flexibility index (Phi) is 2.29. The number of nitrogens with one attached hydrogen (secondary N) is 1. The van der Waals surface area contributed by atoms with Crippen LogP contribution in [0.5, 0.6) is 0 Å². The van der Waals surface area contributed by atoms with Gasteiger partial charge in [0, 0.05) is 6.04 Å².